The summed E-state index contributed by atoms with van der Waals surface area (Å²) in [6.07, 6.45) is -5.28. The van der Waals surface area contributed by atoms with E-state index >= 15 is 0 Å². The molecule has 0 unspecified atom stereocenters. The molecule has 1 aromatic rings. The van der Waals surface area contributed by atoms with E-state index in [0.717, 1.165) is 0 Å². The van der Waals surface area contributed by atoms with Crippen LogP contribution in [0.15, 0.2) is 18.2 Å². The molecule has 0 amide bonds. The first kappa shape index (κ1) is 13.8. The molecule has 0 heterocycles. The molecule has 17 heavy (non-hydrogen) atoms. The molecule has 0 fully saturated rings. The Kier molecular flexibility index (Phi) is 4.40. The number of alkyl halides is 3. The van der Waals surface area contributed by atoms with Gasteiger partial charge in [0.25, 0.3) is 0 Å². The first-order chi connectivity index (χ1) is 7.79. The minimum Gasteiger partial charge on any atom is -0.493 e. The van der Waals surface area contributed by atoms with Gasteiger partial charge in [0.1, 0.15) is 5.75 Å². The van der Waals surface area contributed by atoms with Crippen molar-refractivity contribution in [3.63, 3.8) is 0 Å². The normalized spacial score (nSPS) is 11.4. The number of hydrogen-bond donors (Lipinski definition) is 0. The van der Waals surface area contributed by atoms with Crippen LogP contribution in [-0.2, 0) is 0 Å². The Morgan fingerprint density at radius 2 is 2.06 bits per heavy atom. The van der Waals surface area contributed by atoms with Crippen molar-refractivity contribution in [3.05, 3.63) is 28.8 Å². The smallest absolute Gasteiger partial charge is 0.392 e. The van der Waals surface area contributed by atoms with E-state index in [0.29, 0.717) is 5.56 Å². The number of hydrogen-bond acceptors (Lipinski definition) is 2. The highest BCUT2D eigenvalue weighted by Gasteiger charge is 2.26. The number of Topliss-reactive ketones (excluding diaryl/α,β-unsaturated/α-hetero) is 1. The van der Waals surface area contributed by atoms with Crippen LogP contribution in [0, 0.1) is 0 Å². The van der Waals surface area contributed by atoms with Crippen LogP contribution in [0.25, 0.3) is 0 Å². The molecular weight excluding hydrogens is 257 g/mol. The molecule has 0 aromatic heterocycles. The second-order valence-electron chi connectivity index (χ2n) is 3.41. The number of carbonyl (C=O) groups is 1. The Hall–Kier alpha value is -1.23. The first-order valence-corrected chi connectivity index (χ1v) is 5.17. The summed E-state index contributed by atoms with van der Waals surface area (Å²) in [5.41, 5.74) is 0.315. The van der Waals surface area contributed by atoms with Gasteiger partial charge in [-0.05, 0) is 25.1 Å². The van der Waals surface area contributed by atoms with Crippen molar-refractivity contribution in [2.24, 2.45) is 0 Å². The monoisotopic (exact) mass is 266 g/mol. The van der Waals surface area contributed by atoms with Crippen LogP contribution in [0.2, 0.25) is 5.02 Å². The van der Waals surface area contributed by atoms with Crippen LogP contribution in [0.4, 0.5) is 13.2 Å². The molecule has 0 saturated heterocycles. The summed E-state index contributed by atoms with van der Waals surface area (Å²) >= 11 is 5.77. The molecule has 94 valence electrons. The van der Waals surface area contributed by atoms with Gasteiger partial charge in [0.15, 0.2) is 5.78 Å². The van der Waals surface area contributed by atoms with Crippen LogP contribution >= 0.6 is 11.6 Å². The summed E-state index contributed by atoms with van der Waals surface area (Å²) in [7, 11) is 0. The fraction of sp³-hybridized carbons (Fsp3) is 0.364. The zero-order valence-electron chi connectivity index (χ0n) is 8.97. The lowest BCUT2D eigenvalue weighted by atomic mass is 10.1. The van der Waals surface area contributed by atoms with E-state index in [2.05, 4.69) is 0 Å². The maximum atomic E-state index is 11.9. The zero-order chi connectivity index (χ0) is 13.1. The molecule has 0 saturated carbocycles. The van der Waals surface area contributed by atoms with Gasteiger partial charge in [-0.3, -0.25) is 4.79 Å². The highest BCUT2D eigenvalue weighted by molar-refractivity contribution is 6.34. The van der Waals surface area contributed by atoms with Crippen LogP contribution < -0.4 is 4.74 Å². The second kappa shape index (κ2) is 5.40. The largest absolute Gasteiger partial charge is 0.493 e. The summed E-state index contributed by atoms with van der Waals surface area (Å²) < 4.78 is 40.5. The van der Waals surface area contributed by atoms with Crippen molar-refractivity contribution < 1.29 is 22.7 Å². The molecule has 0 aliphatic heterocycles. The van der Waals surface area contributed by atoms with E-state index in [-0.39, 0.29) is 16.6 Å². The lowest BCUT2D eigenvalue weighted by molar-refractivity contribution is -0.139. The number of ketones is 1. The third-order valence-corrected chi connectivity index (χ3v) is 2.29. The van der Waals surface area contributed by atoms with E-state index in [1.54, 1.807) is 0 Å². The molecule has 6 heteroatoms. The van der Waals surface area contributed by atoms with Crippen molar-refractivity contribution in [2.45, 2.75) is 19.5 Å². The first-order valence-electron chi connectivity index (χ1n) is 4.79. The van der Waals surface area contributed by atoms with E-state index < -0.39 is 19.2 Å². The minimum absolute atomic E-state index is 0.169. The fourth-order valence-electron chi connectivity index (χ4n) is 1.16. The summed E-state index contributed by atoms with van der Waals surface area (Å²) in [5.74, 6) is 0.00101. The molecule has 0 radical (unpaired) electrons. The quantitative estimate of drug-likeness (QED) is 0.773. The molecule has 0 N–H and O–H groups in total. The summed E-state index contributed by atoms with van der Waals surface area (Å²) in [6, 6.07) is 4.17. The Labute approximate surface area is 101 Å². The number of halogens is 4. The summed E-state index contributed by atoms with van der Waals surface area (Å²) in [5, 5.41) is 0.169. The summed E-state index contributed by atoms with van der Waals surface area (Å²) in [6.45, 7) is 0.880. The van der Waals surface area contributed by atoms with Gasteiger partial charge in [0, 0.05) is 5.56 Å². The molecule has 0 spiro atoms. The van der Waals surface area contributed by atoms with Crippen LogP contribution in [-0.4, -0.2) is 18.6 Å². The zero-order valence-corrected chi connectivity index (χ0v) is 9.73. The van der Waals surface area contributed by atoms with Gasteiger partial charge in [0.2, 0.25) is 0 Å². The van der Waals surface area contributed by atoms with Gasteiger partial charge in [-0.25, -0.2) is 0 Å². The van der Waals surface area contributed by atoms with Crippen LogP contribution in [0.1, 0.15) is 23.7 Å². The number of rotatable bonds is 4. The van der Waals surface area contributed by atoms with Gasteiger partial charge in [-0.1, -0.05) is 11.6 Å². The highest BCUT2D eigenvalue weighted by atomic mass is 35.5. The van der Waals surface area contributed by atoms with Crippen molar-refractivity contribution in [2.75, 3.05) is 6.61 Å². The molecule has 0 aliphatic rings. The van der Waals surface area contributed by atoms with Gasteiger partial charge < -0.3 is 4.74 Å². The Morgan fingerprint density at radius 3 is 2.53 bits per heavy atom. The molecule has 0 bridgehead atoms. The standard InChI is InChI=1S/C11H10ClF3O2/c1-7(16)9-3-2-8(6-10(9)12)17-5-4-11(13,14)15/h2-3,6H,4-5H2,1H3. The molecule has 1 aromatic carbocycles. The number of benzene rings is 1. The third kappa shape index (κ3) is 4.65. The molecular formula is C11H10ClF3O2. The topological polar surface area (TPSA) is 26.3 Å². The molecule has 2 nitrogen and oxygen atoms in total. The predicted octanol–water partition coefficient (Wildman–Crippen LogP) is 3.87. The van der Waals surface area contributed by atoms with E-state index in [9.17, 15) is 18.0 Å². The van der Waals surface area contributed by atoms with Crippen molar-refractivity contribution in [1.29, 1.82) is 0 Å². The highest BCUT2D eigenvalue weighted by Crippen LogP contribution is 2.24. The molecule has 1 rings (SSSR count). The van der Waals surface area contributed by atoms with Crippen molar-refractivity contribution in [1.82, 2.24) is 0 Å². The van der Waals surface area contributed by atoms with E-state index in [4.69, 9.17) is 16.3 Å². The van der Waals surface area contributed by atoms with Crippen molar-refractivity contribution >= 4 is 17.4 Å². The van der Waals surface area contributed by atoms with Crippen LogP contribution in [0.5, 0.6) is 5.75 Å². The molecule has 0 aliphatic carbocycles. The SMILES string of the molecule is CC(=O)c1ccc(OCCC(F)(F)F)cc1Cl. The van der Waals surface area contributed by atoms with Gasteiger partial charge >= 0.3 is 6.18 Å². The van der Waals surface area contributed by atoms with Crippen molar-refractivity contribution in [3.8, 4) is 5.75 Å². The van der Waals surface area contributed by atoms with Gasteiger partial charge in [0.05, 0.1) is 18.1 Å². The Bertz CT molecular complexity index is 416. The average molecular weight is 267 g/mol. The maximum absolute atomic E-state index is 11.9. The fourth-order valence-corrected chi connectivity index (χ4v) is 1.46. The predicted molar refractivity (Wildman–Crippen MR) is 57.6 cm³/mol. The van der Waals surface area contributed by atoms with Gasteiger partial charge in [-0.2, -0.15) is 13.2 Å². The Balaban J connectivity index is 2.62. The summed E-state index contributed by atoms with van der Waals surface area (Å²) in [4.78, 5) is 11.0. The number of carbonyl (C=O) groups excluding carboxylic acids is 1. The minimum atomic E-state index is -4.25. The van der Waals surface area contributed by atoms with Crippen LogP contribution in [0.3, 0.4) is 0 Å². The lowest BCUT2D eigenvalue weighted by Crippen LogP contribution is -2.13. The second-order valence-corrected chi connectivity index (χ2v) is 3.82. The molecule has 0 atom stereocenters. The maximum Gasteiger partial charge on any atom is 0.392 e. The Morgan fingerprint density at radius 1 is 1.41 bits per heavy atom. The number of ether oxygens (including phenoxy) is 1. The van der Waals surface area contributed by atoms with Gasteiger partial charge in [-0.15, -0.1) is 0 Å². The average Bonchev–Trinajstić information content (AvgIpc) is 2.15. The van der Waals surface area contributed by atoms with E-state index in [1.807, 2.05) is 0 Å². The van der Waals surface area contributed by atoms with E-state index in [1.165, 1.54) is 25.1 Å². The lowest BCUT2D eigenvalue weighted by Gasteiger charge is -2.09. The third-order valence-electron chi connectivity index (χ3n) is 1.97.